The van der Waals surface area contributed by atoms with E-state index in [1.165, 1.54) is 20.0 Å². The normalized spacial score (nSPS) is 24.4. The second-order valence-electron chi connectivity index (χ2n) is 10.1. The van der Waals surface area contributed by atoms with Gasteiger partial charge >= 0.3 is 0 Å². The van der Waals surface area contributed by atoms with Crippen LogP contribution >= 0.6 is 0 Å². The zero-order valence-corrected chi connectivity index (χ0v) is 19.6. The lowest BCUT2D eigenvalue weighted by molar-refractivity contribution is -0.147. The third-order valence-corrected chi connectivity index (χ3v) is 7.41. The van der Waals surface area contributed by atoms with Crippen molar-refractivity contribution in [1.29, 1.82) is 0 Å². The van der Waals surface area contributed by atoms with Crippen molar-refractivity contribution >= 4 is 23.0 Å². The molecule has 34 heavy (non-hydrogen) atoms. The van der Waals surface area contributed by atoms with Gasteiger partial charge in [-0.05, 0) is 61.8 Å². The summed E-state index contributed by atoms with van der Waals surface area (Å²) in [6.07, 6.45) is 7.78. The number of aromatic nitrogens is 3. The summed E-state index contributed by atoms with van der Waals surface area (Å²) in [5.41, 5.74) is 8.15. The molecule has 1 saturated heterocycles. The van der Waals surface area contributed by atoms with Crippen molar-refractivity contribution in [3.63, 3.8) is 0 Å². The van der Waals surface area contributed by atoms with Crippen molar-refractivity contribution in [3.8, 4) is 11.1 Å². The fourth-order valence-corrected chi connectivity index (χ4v) is 5.61. The molecule has 3 aromatic heterocycles. The summed E-state index contributed by atoms with van der Waals surface area (Å²) in [7, 11) is 0. The van der Waals surface area contributed by atoms with Gasteiger partial charge in [0.2, 0.25) is 0 Å². The van der Waals surface area contributed by atoms with Gasteiger partial charge in [0, 0.05) is 43.3 Å². The van der Waals surface area contributed by atoms with Gasteiger partial charge in [-0.15, -0.1) is 0 Å². The maximum absolute atomic E-state index is 12.6. The zero-order valence-electron chi connectivity index (χ0n) is 19.6. The Kier molecular flexibility index (Phi) is 5.31. The third kappa shape index (κ3) is 3.79. The maximum Gasteiger partial charge on any atom is 0.253 e. The lowest BCUT2D eigenvalue weighted by Crippen LogP contribution is -2.45. The first-order valence-electron chi connectivity index (χ1n) is 11.6. The Balaban J connectivity index is 1.43. The van der Waals surface area contributed by atoms with Crippen LogP contribution in [0.25, 0.3) is 16.6 Å². The van der Waals surface area contributed by atoms with Crippen molar-refractivity contribution in [2.45, 2.75) is 38.8 Å². The summed E-state index contributed by atoms with van der Waals surface area (Å²) >= 11 is 0. The Hall–Kier alpha value is -3.46. The molecule has 9 heteroatoms. The number of nitrogens with zero attached hydrogens (tertiary/aromatic N) is 4. The fraction of sp³-hybridized carbons (Fsp3) is 0.440. The van der Waals surface area contributed by atoms with E-state index < -0.39 is 11.5 Å². The van der Waals surface area contributed by atoms with Crippen LogP contribution in [0.2, 0.25) is 0 Å². The highest BCUT2D eigenvalue weighted by atomic mass is 16.3. The zero-order chi connectivity index (χ0) is 24.2. The predicted molar refractivity (Wildman–Crippen MR) is 128 cm³/mol. The van der Waals surface area contributed by atoms with Crippen LogP contribution in [-0.4, -0.2) is 61.2 Å². The number of hydrogen-bond donors (Lipinski definition) is 3. The Morgan fingerprint density at radius 3 is 2.59 bits per heavy atom. The number of nitrogens with one attached hydrogen (secondary N) is 1. The molecule has 3 aromatic rings. The van der Waals surface area contributed by atoms with Crippen molar-refractivity contribution in [3.05, 3.63) is 48.5 Å². The van der Waals surface area contributed by atoms with Gasteiger partial charge in [0.05, 0.1) is 23.0 Å². The molecular weight excluding hydrogens is 432 g/mol. The number of nitrogens with two attached hydrogens (primary N) is 1. The average molecular weight is 463 g/mol. The Morgan fingerprint density at radius 2 is 1.94 bits per heavy atom. The van der Waals surface area contributed by atoms with E-state index in [9.17, 15) is 14.7 Å². The van der Waals surface area contributed by atoms with Gasteiger partial charge in [0.1, 0.15) is 5.60 Å². The molecule has 1 saturated carbocycles. The molecule has 9 nitrogen and oxygen atoms in total. The van der Waals surface area contributed by atoms with Gasteiger partial charge in [-0.1, -0.05) is 6.92 Å². The molecule has 0 spiro atoms. The average Bonchev–Trinajstić information content (AvgIpc) is 3.48. The van der Waals surface area contributed by atoms with Crippen LogP contribution in [0.15, 0.2) is 43.0 Å². The number of hydrogen-bond acceptors (Lipinski definition) is 6. The van der Waals surface area contributed by atoms with E-state index in [0.717, 1.165) is 23.1 Å². The van der Waals surface area contributed by atoms with Crippen molar-refractivity contribution < 1.29 is 14.7 Å². The number of amides is 2. The van der Waals surface area contributed by atoms with Crippen LogP contribution in [0.5, 0.6) is 0 Å². The predicted octanol–water partition coefficient (Wildman–Crippen LogP) is 2.16. The van der Waals surface area contributed by atoms with E-state index in [0.29, 0.717) is 36.2 Å². The van der Waals surface area contributed by atoms with Gasteiger partial charge < -0.3 is 21.1 Å². The number of likely N-dealkylation sites (tertiary alicyclic amines) is 1. The van der Waals surface area contributed by atoms with E-state index in [4.69, 9.17) is 5.73 Å². The number of primary amides is 1. The number of pyridine rings is 1. The van der Waals surface area contributed by atoms with Crippen LogP contribution in [0.4, 0.5) is 5.69 Å². The topological polar surface area (TPSA) is 126 Å². The second kappa shape index (κ2) is 8.09. The number of rotatable bonds is 5. The van der Waals surface area contributed by atoms with Gasteiger partial charge in [0.25, 0.3) is 11.8 Å². The molecule has 178 valence electrons. The van der Waals surface area contributed by atoms with E-state index in [1.807, 2.05) is 24.4 Å². The quantitative estimate of drug-likeness (QED) is 0.534. The maximum atomic E-state index is 12.6. The van der Waals surface area contributed by atoms with E-state index in [-0.39, 0.29) is 17.9 Å². The smallest absolute Gasteiger partial charge is 0.253 e. The van der Waals surface area contributed by atoms with Crippen LogP contribution < -0.4 is 11.1 Å². The van der Waals surface area contributed by atoms with Crippen LogP contribution in [0.3, 0.4) is 0 Å². The number of carbonyl (C=O) groups is 2. The molecule has 0 unspecified atom stereocenters. The Labute approximate surface area is 198 Å². The van der Waals surface area contributed by atoms with Crippen LogP contribution in [0.1, 0.15) is 37.6 Å². The molecule has 1 aliphatic heterocycles. The summed E-state index contributed by atoms with van der Waals surface area (Å²) in [6.45, 7) is 6.54. The Morgan fingerprint density at radius 1 is 1.21 bits per heavy atom. The van der Waals surface area contributed by atoms with Crippen molar-refractivity contribution in [2.24, 2.45) is 23.5 Å². The van der Waals surface area contributed by atoms with Gasteiger partial charge in [0.15, 0.2) is 0 Å². The minimum Gasteiger partial charge on any atom is -0.381 e. The highest BCUT2D eigenvalue weighted by Gasteiger charge is 2.48. The Bertz CT molecular complexity index is 1250. The summed E-state index contributed by atoms with van der Waals surface area (Å²) in [4.78, 5) is 30.7. The molecule has 4 atom stereocenters. The monoisotopic (exact) mass is 462 g/mol. The molecular formula is C25H30N6O3. The first-order valence-corrected chi connectivity index (χ1v) is 11.6. The van der Waals surface area contributed by atoms with E-state index in [2.05, 4.69) is 22.3 Å². The number of anilines is 1. The first-order chi connectivity index (χ1) is 16.1. The molecule has 2 aliphatic rings. The third-order valence-electron chi connectivity index (χ3n) is 7.41. The second-order valence-corrected chi connectivity index (χ2v) is 10.1. The molecule has 0 radical (unpaired) electrons. The van der Waals surface area contributed by atoms with E-state index in [1.54, 1.807) is 21.8 Å². The first kappa shape index (κ1) is 22.3. The lowest BCUT2D eigenvalue weighted by Gasteiger charge is -2.28. The molecule has 2 amide bonds. The molecule has 4 heterocycles. The minimum absolute atomic E-state index is 0.123. The van der Waals surface area contributed by atoms with Crippen LogP contribution in [-0.2, 0) is 4.79 Å². The minimum atomic E-state index is -1.36. The summed E-state index contributed by atoms with van der Waals surface area (Å²) in [5.74, 6) is 0.193. The van der Waals surface area contributed by atoms with Crippen molar-refractivity contribution in [1.82, 2.24) is 19.5 Å². The highest BCUT2D eigenvalue weighted by molar-refractivity contribution is 6.02. The van der Waals surface area contributed by atoms with E-state index >= 15 is 0 Å². The largest absolute Gasteiger partial charge is 0.381 e. The molecule has 5 rings (SSSR count). The summed E-state index contributed by atoms with van der Waals surface area (Å²) in [5, 5.41) is 18.2. The van der Waals surface area contributed by atoms with Gasteiger partial charge in [-0.3, -0.25) is 14.6 Å². The highest BCUT2D eigenvalue weighted by Crippen LogP contribution is 2.44. The SMILES string of the molecule is C[C@H]1[C@@H]2CN(C(=O)C(C)(C)O)C[C@H]2C[C@H]1Nc1c(C(N)=O)cnn2cc(-c3ccncc3)cc12. The molecule has 0 bridgehead atoms. The van der Waals surface area contributed by atoms with Gasteiger partial charge in [-0.2, -0.15) is 5.10 Å². The van der Waals surface area contributed by atoms with Crippen molar-refractivity contribution in [2.75, 3.05) is 18.4 Å². The van der Waals surface area contributed by atoms with Crippen LogP contribution in [0, 0.1) is 17.8 Å². The lowest BCUT2D eigenvalue weighted by atomic mass is 9.93. The molecule has 1 aliphatic carbocycles. The summed E-state index contributed by atoms with van der Waals surface area (Å²) in [6, 6.07) is 5.98. The number of fused-ring (bicyclic) bond motifs is 2. The number of aliphatic hydroxyl groups is 1. The van der Waals surface area contributed by atoms with Gasteiger partial charge in [-0.25, -0.2) is 4.52 Å². The molecule has 4 N–H and O–H groups in total. The molecule has 0 aromatic carbocycles. The summed E-state index contributed by atoms with van der Waals surface area (Å²) < 4.78 is 1.76. The molecule has 2 fully saturated rings. The number of carbonyl (C=O) groups excluding carboxylic acids is 2. The fourth-order valence-electron chi connectivity index (χ4n) is 5.61. The standard InChI is InChI=1S/C25H30N6O3/c1-14-19-13-30(24(33)25(2,3)34)11-17(19)8-20(14)29-22-18(23(26)32)10-28-31-12-16(9-21(22)31)15-4-6-27-7-5-15/h4-7,9-10,12,14,17,19-20,29,34H,8,11,13H2,1-3H3,(H2,26,32)/t14-,17+,19-,20+/m0/s1.